The number of hydrogen-bond donors (Lipinski definition) is 1. The molecule has 0 aliphatic carbocycles. The van der Waals surface area contributed by atoms with Crippen molar-refractivity contribution in [2.75, 3.05) is 25.5 Å². The van der Waals surface area contributed by atoms with Gasteiger partial charge in [0.1, 0.15) is 11.3 Å². The number of carbonyl (C=O) groups excluding carboxylic acids is 1. The quantitative estimate of drug-likeness (QED) is 0.370. The van der Waals surface area contributed by atoms with Gasteiger partial charge in [-0.15, -0.1) is 5.10 Å². The van der Waals surface area contributed by atoms with E-state index in [-0.39, 0.29) is 35.9 Å². The summed E-state index contributed by atoms with van der Waals surface area (Å²) >= 11 is 0. The summed E-state index contributed by atoms with van der Waals surface area (Å²) in [5.74, 6) is -5.77. The average molecular weight is 541 g/mol. The molecule has 9 nitrogen and oxygen atoms in total. The van der Waals surface area contributed by atoms with Gasteiger partial charge >= 0.3 is 0 Å². The van der Waals surface area contributed by atoms with E-state index in [9.17, 15) is 22.4 Å². The Kier molecular flexibility index (Phi) is 5.46. The summed E-state index contributed by atoms with van der Waals surface area (Å²) in [7, 11) is 1.25. The standard InChI is InChI=1S/C24H24F5N7O2/c1-12-30-16-5-4-14(8-17(16)35(12)10-19(26)27)20-15(25)9-36-21(20)22(38-3)32-23(33-36)31-18-6-7-34(13(2)37)11-24(18,28)29/h4-5,8-9,18-19H,6-7,10-11H2,1-3H3,(H,31,33)/t18-/m1/s1/i2D3. The highest BCUT2D eigenvalue weighted by Crippen LogP contribution is 2.36. The van der Waals surface area contributed by atoms with Gasteiger partial charge in [0, 0.05) is 17.5 Å². The van der Waals surface area contributed by atoms with Crippen LogP contribution in [0.5, 0.6) is 5.88 Å². The predicted molar refractivity (Wildman–Crippen MR) is 128 cm³/mol. The maximum absolute atomic E-state index is 15.3. The van der Waals surface area contributed by atoms with Crippen molar-refractivity contribution in [2.24, 2.45) is 0 Å². The van der Waals surface area contributed by atoms with Crippen LogP contribution in [0.4, 0.5) is 27.9 Å². The van der Waals surface area contributed by atoms with Crippen LogP contribution in [-0.4, -0.2) is 73.5 Å². The Hall–Kier alpha value is -3.97. The Morgan fingerprint density at radius 3 is 2.82 bits per heavy atom. The van der Waals surface area contributed by atoms with Crippen LogP contribution in [-0.2, 0) is 11.3 Å². The lowest BCUT2D eigenvalue weighted by molar-refractivity contribution is -0.140. The van der Waals surface area contributed by atoms with E-state index in [1.165, 1.54) is 17.7 Å². The first kappa shape index (κ1) is 22.1. The molecule has 4 aromatic rings. The summed E-state index contributed by atoms with van der Waals surface area (Å²) in [6.45, 7) is -3.41. The maximum Gasteiger partial charge on any atom is 0.285 e. The molecule has 0 saturated carbocycles. The number of anilines is 1. The van der Waals surface area contributed by atoms with E-state index < -0.39 is 50.1 Å². The van der Waals surface area contributed by atoms with Crippen molar-refractivity contribution < 1.29 is 35.6 Å². The minimum Gasteiger partial charge on any atom is -0.479 e. The number of fused-ring (bicyclic) bond motifs is 2. The van der Waals surface area contributed by atoms with Gasteiger partial charge < -0.3 is 19.5 Å². The van der Waals surface area contributed by atoms with E-state index in [2.05, 4.69) is 20.4 Å². The maximum atomic E-state index is 15.3. The monoisotopic (exact) mass is 540 g/mol. The van der Waals surface area contributed by atoms with E-state index in [0.29, 0.717) is 27.3 Å². The third-order valence-corrected chi connectivity index (χ3v) is 6.48. The first-order chi connectivity index (χ1) is 19.2. The number of nitrogens with one attached hydrogen (secondary N) is 1. The number of methoxy groups -OCH3 is 1. The van der Waals surface area contributed by atoms with Crippen molar-refractivity contribution in [3.63, 3.8) is 0 Å². The van der Waals surface area contributed by atoms with Gasteiger partial charge in [-0.3, -0.25) is 4.79 Å². The molecular formula is C24H24F5N7O2. The number of ether oxygens (including phenoxy) is 1. The van der Waals surface area contributed by atoms with Crippen molar-refractivity contribution in [2.45, 2.75) is 45.1 Å². The Morgan fingerprint density at radius 2 is 2.13 bits per heavy atom. The Bertz CT molecular complexity index is 1640. The van der Waals surface area contributed by atoms with Crippen LogP contribution in [0.15, 0.2) is 24.4 Å². The zero-order chi connectivity index (χ0) is 29.9. The van der Waals surface area contributed by atoms with Crippen LogP contribution in [0.2, 0.25) is 0 Å². The largest absolute Gasteiger partial charge is 0.479 e. The van der Waals surface area contributed by atoms with Gasteiger partial charge in [0.15, 0.2) is 5.82 Å². The summed E-state index contributed by atoms with van der Waals surface area (Å²) in [6, 6.07) is 3.07. The second kappa shape index (κ2) is 9.40. The van der Waals surface area contributed by atoms with E-state index in [0.717, 1.165) is 10.7 Å². The van der Waals surface area contributed by atoms with Crippen molar-refractivity contribution in [1.82, 2.24) is 29.0 Å². The molecular weight excluding hydrogens is 513 g/mol. The highest BCUT2D eigenvalue weighted by Gasteiger charge is 2.46. The minimum absolute atomic E-state index is 0.000402. The van der Waals surface area contributed by atoms with Crippen LogP contribution in [0.25, 0.3) is 27.7 Å². The molecule has 0 bridgehead atoms. The van der Waals surface area contributed by atoms with Crippen LogP contribution < -0.4 is 10.1 Å². The number of alkyl halides is 4. The molecule has 1 saturated heterocycles. The zero-order valence-electron chi connectivity index (χ0n) is 23.2. The average Bonchev–Trinajstić information content (AvgIpc) is 3.37. The molecule has 3 aromatic heterocycles. The van der Waals surface area contributed by atoms with Gasteiger partial charge in [0.2, 0.25) is 17.7 Å². The number of amides is 1. The summed E-state index contributed by atoms with van der Waals surface area (Å²) in [5.41, 5.74) is 1.17. The number of rotatable bonds is 6. The molecule has 1 aliphatic heterocycles. The van der Waals surface area contributed by atoms with Gasteiger partial charge in [-0.25, -0.2) is 31.5 Å². The number of aromatic nitrogens is 5. The molecule has 1 aromatic carbocycles. The molecule has 202 valence electrons. The number of carbonyl (C=O) groups is 1. The normalized spacial score (nSPS) is 19.0. The number of imidazole rings is 1. The lowest BCUT2D eigenvalue weighted by Gasteiger charge is -2.38. The highest BCUT2D eigenvalue weighted by atomic mass is 19.3. The topological polar surface area (TPSA) is 89.6 Å². The summed E-state index contributed by atoms with van der Waals surface area (Å²) < 4.78 is 101. The molecule has 1 amide bonds. The number of piperidine rings is 1. The van der Waals surface area contributed by atoms with Crippen molar-refractivity contribution in [3.05, 3.63) is 36.0 Å². The third-order valence-electron chi connectivity index (χ3n) is 6.48. The highest BCUT2D eigenvalue weighted by molar-refractivity contribution is 5.90. The molecule has 1 aliphatic rings. The van der Waals surface area contributed by atoms with Crippen LogP contribution >= 0.6 is 0 Å². The molecule has 1 fully saturated rings. The zero-order valence-corrected chi connectivity index (χ0v) is 20.2. The van der Waals surface area contributed by atoms with Gasteiger partial charge in [-0.2, -0.15) is 4.98 Å². The number of nitrogens with zero attached hydrogens (tertiary/aromatic N) is 6. The van der Waals surface area contributed by atoms with E-state index in [4.69, 9.17) is 8.85 Å². The van der Waals surface area contributed by atoms with E-state index >= 15 is 4.39 Å². The fraction of sp³-hybridized carbons (Fsp3) is 0.417. The number of halogens is 5. The van der Waals surface area contributed by atoms with Gasteiger partial charge in [-0.1, -0.05) is 6.07 Å². The molecule has 38 heavy (non-hydrogen) atoms. The summed E-state index contributed by atoms with van der Waals surface area (Å²) in [5, 5.41) is 6.62. The predicted octanol–water partition coefficient (Wildman–Crippen LogP) is 4.14. The minimum atomic E-state index is -3.54. The smallest absolute Gasteiger partial charge is 0.285 e. The van der Waals surface area contributed by atoms with Crippen LogP contribution in [0.3, 0.4) is 0 Å². The molecule has 4 heterocycles. The molecule has 14 heteroatoms. The lowest BCUT2D eigenvalue weighted by atomic mass is 10.0. The third kappa shape index (κ3) is 4.47. The van der Waals surface area contributed by atoms with Crippen LogP contribution in [0, 0.1) is 12.7 Å². The number of benzene rings is 1. The van der Waals surface area contributed by atoms with Crippen molar-refractivity contribution >= 4 is 28.4 Å². The Morgan fingerprint density at radius 1 is 1.34 bits per heavy atom. The van der Waals surface area contributed by atoms with Crippen LogP contribution in [0.1, 0.15) is 23.2 Å². The fourth-order valence-corrected chi connectivity index (χ4v) is 4.71. The molecule has 1 N–H and O–H groups in total. The number of aryl methyl sites for hydroxylation is 1. The number of hydrogen-bond acceptors (Lipinski definition) is 6. The van der Waals surface area contributed by atoms with Gasteiger partial charge in [0.25, 0.3) is 12.3 Å². The summed E-state index contributed by atoms with van der Waals surface area (Å²) in [6.07, 6.45) is -1.94. The number of likely N-dealkylation sites (tertiary alicyclic amines) is 1. The van der Waals surface area contributed by atoms with Gasteiger partial charge in [0.05, 0.1) is 49.0 Å². The Labute approximate surface area is 217 Å². The van der Waals surface area contributed by atoms with Gasteiger partial charge in [-0.05, 0) is 31.0 Å². The SMILES string of the molecule is [2H]C([2H])([2H])C(=O)N1CC[C@@H](Nc2nc(OC)c3c(-c4ccc5nc(C)n(CC(F)F)c5c4)c(F)cn3n2)C(F)(F)C1. The second-order valence-electron chi connectivity index (χ2n) is 8.93. The summed E-state index contributed by atoms with van der Waals surface area (Å²) in [4.78, 5) is 21.0. The second-order valence-corrected chi connectivity index (χ2v) is 8.93. The fourth-order valence-electron chi connectivity index (χ4n) is 4.71. The van der Waals surface area contributed by atoms with Crippen molar-refractivity contribution in [3.8, 4) is 17.0 Å². The molecule has 1 atom stereocenters. The first-order valence-corrected chi connectivity index (χ1v) is 11.5. The lowest BCUT2D eigenvalue weighted by Crippen LogP contribution is -2.55. The van der Waals surface area contributed by atoms with Crippen molar-refractivity contribution in [1.29, 1.82) is 0 Å². The first-order valence-electron chi connectivity index (χ1n) is 13.0. The van der Waals surface area contributed by atoms with E-state index in [1.54, 1.807) is 19.1 Å². The Balaban J connectivity index is 1.49. The molecule has 0 radical (unpaired) electrons. The molecule has 0 spiro atoms. The van der Waals surface area contributed by atoms with E-state index in [1.807, 2.05) is 0 Å². The molecule has 0 unspecified atom stereocenters. The molecule has 5 rings (SSSR count).